The largest absolute Gasteiger partial charge is 0.488 e. The van der Waals surface area contributed by atoms with Crippen molar-refractivity contribution in [2.45, 2.75) is 6.54 Å². The molecule has 0 radical (unpaired) electrons. The van der Waals surface area contributed by atoms with Gasteiger partial charge in [-0.25, -0.2) is 0 Å². The SMILES string of the molecule is CNCc1cc(Cl)ccc1B(O)O. The summed E-state index contributed by atoms with van der Waals surface area (Å²) in [5, 5.41) is 21.5. The highest BCUT2D eigenvalue weighted by molar-refractivity contribution is 6.59. The second-order valence-corrected chi connectivity index (χ2v) is 3.18. The van der Waals surface area contributed by atoms with Gasteiger partial charge in [-0.3, -0.25) is 0 Å². The minimum atomic E-state index is -1.44. The van der Waals surface area contributed by atoms with Crippen molar-refractivity contribution in [2.24, 2.45) is 0 Å². The highest BCUT2D eigenvalue weighted by atomic mass is 35.5. The average Bonchev–Trinajstić information content (AvgIpc) is 2.04. The molecule has 0 fully saturated rings. The van der Waals surface area contributed by atoms with Gasteiger partial charge in [0.05, 0.1) is 0 Å². The van der Waals surface area contributed by atoms with Crippen LogP contribution >= 0.6 is 11.6 Å². The maximum Gasteiger partial charge on any atom is 0.488 e. The van der Waals surface area contributed by atoms with Gasteiger partial charge in [0.2, 0.25) is 0 Å². The van der Waals surface area contributed by atoms with Gasteiger partial charge >= 0.3 is 7.12 Å². The number of benzene rings is 1. The monoisotopic (exact) mass is 199 g/mol. The smallest absolute Gasteiger partial charge is 0.423 e. The molecule has 0 aliphatic heterocycles. The highest BCUT2D eigenvalue weighted by Gasteiger charge is 2.15. The quantitative estimate of drug-likeness (QED) is 0.588. The van der Waals surface area contributed by atoms with E-state index >= 15 is 0 Å². The van der Waals surface area contributed by atoms with E-state index in [9.17, 15) is 0 Å². The summed E-state index contributed by atoms with van der Waals surface area (Å²) in [5.74, 6) is 0. The summed E-state index contributed by atoms with van der Waals surface area (Å²) in [4.78, 5) is 0. The van der Waals surface area contributed by atoms with Crippen LogP contribution in [0.4, 0.5) is 0 Å². The van der Waals surface area contributed by atoms with Crippen molar-refractivity contribution in [1.82, 2.24) is 5.32 Å². The van der Waals surface area contributed by atoms with Crippen molar-refractivity contribution in [3.63, 3.8) is 0 Å². The summed E-state index contributed by atoms with van der Waals surface area (Å²) in [5.41, 5.74) is 1.28. The molecule has 1 rings (SSSR count). The van der Waals surface area contributed by atoms with E-state index in [0.717, 1.165) is 5.56 Å². The normalized spacial score (nSPS) is 10.2. The lowest BCUT2D eigenvalue weighted by Gasteiger charge is -2.08. The number of hydrogen-bond acceptors (Lipinski definition) is 3. The molecule has 0 unspecified atom stereocenters. The number of nitrogens with one attached hydrogen (secondary N) is 1. The van der Waals surface area contributed by atoms with E-state index in [1.807, 2.05) is 0 Å². The molecule has 70 valence electrons. The predicted molar refractivity (Wildman–Crippen MR) is 54.0 cm³/mol. The number of hydrogen-bond donors (Lipinski definition) is 3. The molecule has 3 nitrogen and oxygen atoms in total. The summed E-state index contributed by atoms with van der Waals surface area (Å²) in [6.07, 6.45) is 0. The van der Waals surface area contributed by atoms with Gasteiger partial charge in [-0.15, -0.1) is 0 Å². The molecule has 0 aliphatic carbocycles. The number of rotatable bonds is 3. The molecule has 0 atom stereocenters. The molecule has 0 spiro atoms. The fourth-order valence-corrected chi connectivity index (χ4v) is 1.36. The summed E-state index contributed by atoms with van der Waals surface area (Å²) < 4.78 is 0. The first kappa shape index (κ1) is 10.5. The summed E-state index contributed by atoms with van der Waals surface area (Å²) in [6, 6.07) is 4.96. The van der Waals surface area contributed by atoms with E-state index in [4.69, 9.17) is 21.6 Å². The van der Waals surface area contributed by atoms with Crippen LogP contribution in [-0.2, 0) is 6.54 Å². The Kier molecular flexibility index (Phi) is 3.75. The Morgan fingerprint density at radius 2 is 2.15 bits per heavy atom. The van der Waals surface area contributed by atoms with E-state index in [2.05, 4.69) is 5.32 Å². The van der Waals surface area contributed by atoms with Gasteiger partial charge in [-0.2, -0.15) is 0 Å². The number of halogens is 1. The third kappa shape index (κ3) is 2.71. The van der Waals surface area contributed by atoms with Crippen LogP contribution in [0.1, 0.15) is 5.56 Å². The molecule has 0 amide bonds. The Balaban J connectivity index is 3.03. The summed E-state index contributed by atoms with van der Waals surface area (Å²) >= 11 is 5.77. The fourth-order valence-electron chi connectivity index (χ4n) is 1.17. The van der Waals surface area contributed by atoms with Crippen LogP contribution in [0.15, 0.2) is 18.2 Å². The second kappa shape index (κ2) is 4.62. The average molecular weight is 199 g/mol. The molecule has 0 saturated heterocycles. The molecule has 1 aromatic carbocycles. The van der Waals surface area contributed by atoms with Crippen molar-refractivity contribution in [3.8, 4) is 0 Å². The van der Waals surface area contributed by atoms with Crippen LogP contribution < -0.4 is 10.8 Å². The van der Waals surface area contributed by atoms with Crippen molar-refractivity contribution < 1.29 is 10.0 Å². The van der Waals surface area contributed by atoms with E-state index in [1.165, 1.54) is 0 Å². The van der Waals surface area contributed by atoms with Crippen LogP contribution in [0.3, 0.4) is 0 Å². The zero-order valence-electron chi connectivity index (χ0n) is 7.29. The third-order valence-corrected chi connectivity index (χ3v) is 1.99. The Bertz CT molecular complexity index is 293. The Morgan fingerprint density at radius 1 is 1.46 bits per heavy atom. The van der Waals surface area contributed by atoms with Crippen molar-refractivity contribution in [1.29, 1.82) is 0 Å². The third-order valence-electron chi connectivity index (χ3n) is 1.75. The molecule has 1 aromatic rings. The first-order chi connectivity index (χ1) is 6.15. The van der Waals surface area contributed by atoms with Gasteiger partial charge in [0.15, 0.2) is 0 Å². The van der Waals surface area contributed by atoms with Crippen LogP contribution in [-0.4, -0.2) is 24.2 Å². The topological polar surface area (TPSA) is 52.5 Å². The summed E-state index contributed by atoms with van der Waals surface area (Å²) in [7, 11) is 0.342. The van der Waals surface area contributed by atoms with E-state index in [1.54, 1.807) is 25.2 Å². The molecule has 0 aromatic heterocycles. The Labute approximate surface area is 82.5 Å². The van der Waals surface area contributed by atoms with Crippen molar-refractivity contribution >= 4 is 24.2 Å². The zero-order chi connectivity index (χ0) is 9.84. The maximum atomic E-state index is 9.01. The Morgan fingerprint density at radius 3 is 2.69 bits per heavy atom. The highest BCUT2D eigenvalue weighted by Crippen LogP contribution is 2.09. The van der Waals surface area contributed by atoms with E-state index in [-0.39, 0.29) is 0 Å². The van der Waals surface area contributed by atoms with Gasteiger partial charge in [0.1, 0.15) is 0 Å². The molecule has 0 bridgehead atoms. The molecular weight excluding hydrogens is 188 g/mol. The van der Waals surface area contributed by atoms with E-state index < -0.39 is 7.12 Å². The first-order valence-electron chi connectivity index (χ1n) is 3.94. The first-order valence-corrected chi connectivity index (χ1v) is 4.32. The molecule has 5 heteroatoms. The maximum absolute atomic E-state index is 9.01. The minimum Gasteiger partial charge on any atom is -0.423 e. The van der Waals surface area contributed by atoms with Crippen molar-refractivity contribution in [2.75, 3.05) is 7.05 Å². The molecule has 0 saturated carbocycles. The lowest BCUT2D eigenvalue weighted by molar-refractivity contribution is 0.425. The van der Waals surface area contributed by atoms with Crippen molar-refractivity contribution in [3.05, 3.63) is 28.8 Å². The van der Waals surface area contributed by atoms with Gasteiger partial charge < -0.3 is 15.4 Å². The van der Waals surface area contributed by atoms with Crippen LogP contribution in [0.25, 0.3) is 0 Å². The molecular formula is C8H11BClNO2. The molecule has 13 heavy (non-hydrogen) atoms. The lowest BCUT2D eigenvalue weighted by atomic mass is 9.77. The Hall–Kier alpha value is -0.545. The van der Waals surface area contributed by atoms with Gasteiger partial charge in [-0.05, 0) is 30.2 Å². The van der Waals surface area contributed by atoms with Gasteiger partial charge in [-0.1, -0.05) is 17.7 Å². The van der Waals surface area contributed by atoms with Crippen LogP contribution in [0.2, 0.25) is 5.02 Å². The molecule has 3 N–H and O–H groups in total. The molecule has 0 heterocycles. The van der Waals surface area contributed by atoms with E-state index in [0.29, 0.717) is 17.0 Å². The zero-order valence-corrected chi connectivity index (χ0v) is 8.04. The minimum absolute atomic E-state index is 0.485. The standard InChI is InChI=1S/C8H11BClNO2/c1-11-5-6-4-7(10)2-3-8(6)9(12)13/h2-4,11-13H,5H2,1H3. The molecule has 0 aliphatic rings. The fraction of sp³-hybridized carbons (Fsp3) is 0.250. The lowest BCUT2D eigenvalue weighted by Crippen LogP contribution is -2.34. The second-order valence-electron chi connectivity index (χ2n) is 2.75. The van der Waals surface area contributed by atoms with Crippen LogP contribution in [0.5, 0.6) is 0 Å². The predicted octanol–water partition coefficient (Wildman–Crippen LogP) is -0.261. The van der Waals surface area contributed by atoms with Gasteiger partial charge in [0.25, 0.3) is 0 Å². The van der Waals surface area contributed by atoms with Gasteiger partial charge in [0, 0.05) is 11.6 Å². The summed E-state index contributed by atoms with van der Waals surface area (Å²) in [6.45, 7) is 0.563. The van der Waals surface area contributed by atoms with Crippen LogP contribution in [0, 0.1) is 0 Å².